The third-order valence-electron chi connectivity index (χ3n) is 2.30. The van der Waals surface area contributed by atoms with Crippen LogP contribution in [0.4, 0.5) is 0 Å². The van der Waals surface area contributed by atoms with Crippen molar-refractivity contribution in [3.8, 4) is 11.3 Å². The summed E-state index contributed by atoms with van der Waals surface area (Å²) in [6.45, 7) is 4.16. The molecule has 0 aliphatic heterocycles. The minimum Gasteiger partial charge on any atom is -0.268 e. The van der Waals surface area contributed by atoms with E-state index in [0.29, 0.717) is 5.92 Å². The number of nitrogens with zero attached hydrogens (tertiary/aromatic N) is 4. The summed E-state index contributed by atoms with van der Waals surface area (Å²) in [5.41, 5.74) is 2.03. The molecule has 2 heterocycles. The number of aromatic nitrogens is 4. The molecule has 78 valence electrons. The third-order valence-corrected chi connectivity index (χ3v) is 2.30. The van der Waals surface area contributed by atoms with Crippen molar-refractivity contribution in [1.29, 1.82) is 0 Å². The molecule has 0 aromatic carbocycles. The first-order valence-electron chi connectivity index (χ1n) is 4.99. The average Bonchev–Trinajstić information content (AvgIpc) is 2.65. The Morgan fingerprint density at radius 1 is 1.20 bits per heavy atom. The molecule has 0 aliphatic carbocycles. The minimum absolute atomic E-state index is 0.366. The van der Waals surface area contributed by atoms with Crippen LogP contribution in [0.2, 0.25) is 0 Å². The SMILES string of the molecule is CC(C)c1ncc(-c2ccnn2C)cn1. The normalized spacial score (nSPS) is 10.9. The lowest BCUT2D eigenvalue weighted by molar-refractivity contribution is 0.763. The van der Waals surface area contributed by atoms with Crippen LogP contribution in [-0.2, 0) is 7.05 Å². The molecule has 0 spiro atoms. The molecule has 0 bridgehead atoms. The summed E-state index contributed by atoms with van der Waals surface area (Å²) < 4.78 is 1.81. The Kier molecular flexibility index (Phi) is 2.49. The van der Waals surface area contributed by atoms with Crippen LogP contribution in [0.5, 0.6) is 0 Å². The molecule has 0 amide bonds. The first kappa shape index (κ1) is 9.83. The first-order chi connectivity index (χ1) is 7.18. The summed E-state index contributed by atoms with van der Waals surface area (Å²) >= 11 is 0. The van der Waals surface area contributed by atoms with Crippen LogP contribution in [0.15, 0.2) is 24.7 Å². The van der Waals surface area contributed by atoms with Crippen molar-refractivity contribution in [2.75, 3.05) is 0 Å². The third kappa shape index (κ3) is 1.88. The van der Waals surface area contributed by atoms with E-state index in [-0.39, 0.29) is 0 Å². The molecule has 2 rings (SSSR count). The predicted octanol–water partition coefficient (Wildman–Crippen LogP) is 2.00. The molecule has 15 heavy (non-hydrogen) atoms. The molecule has 2 aromatic rings. The van der Waals surface area contributed by atoms with Crippen molar-refractivity contribution in [1.82, 2.24) is 19.7 Å². The zero-order chi connectivity index (χ0) is 10.8. The fourth-order valence-corrected chi connectivity index (χ4v) is 1.43. The number of hydrogen-bond donors (Lipinski definition) is 0. The van der Waals surface area contributed by atoms with Crippen molar-refractivity contribution < 1.29 is 0 Å². The van der Waals surface area contributed by atoms with Gasteiger partial charge in [-0.2, -0.15) is 5.10 Å². The second-order valence-corrected chi connectivity index (χ2v) is 3.82. The van der Waals surface area contributed by atoms with Crippen LogP contribution < -0.4 is 0 Å². The van der Waals surface area contributed by atoms with Crippen molar-refractivity contribution in [3.63, 3.8) is 0 Å². The van der Waals surface area contributed by atoms with E-state index in [4.69, 9.17) is 0 Å². The monoisotopic (exact) mass is 202 g/mol. The summed E-state index contributed by atoms with van der Waals surface area (Å²) in [7, 11) is 1.91. The van der Waals surface area contributed by atoms with E-state index in [9.17, 15) is 0 Å². The number of aryl methyl sites for hydroxylation is 1. The van der Waals surface area contributed by atoms with E-state index >= 15 is 0 Å². The van der Waals surface area contributed by atoms with Crippen LogP contribution in [0.1, 0.15) is 25.6 Å². The lowest BCUT2D eigenvalue weighted by Gasteiger charge is -2.04. The van der Waals surface area contributed by atoms with E-state index in [1.54, 1.807) is 6.20 Å². The van der Waals surface area contributed by atoms with Gasteiger partial charge in [0, 0.05) is 37.1 Å². The average molecular weight is 202 g/mol. The smallest absolute Gasteiger partial charge is 0.130 e. The molecule has 4 heteroatoms. The molecule has 0 saturated heterocycles. The quantitative estimate of drug-likeness (QED) is 0.748. The molecular formula is C11H14N4. The van der Waals surface area contributed by atoms with Gasteiger partial charge in [0.15, 0.2) is 0 Å². The van der Waals surface area contributed by atoms with Gasteiger partial charge in [-0.15, -0.1) is 0 Å². The second kappa shape index (κ2) is 3.81. The molecule has 0 N–H and O–H groups in total. The van der Waals surface area contributed by atoms with Gasteiger partial charge in [-0.1, -0.05) is 13.8 Å². The van der Waals surface area contributed by atoms with Gasteiger partial charge in [0.25, 0.3) is 0 Å². The van der Waals surface area contributed by atoms with Gasteiger partial charge in [-0.3, -0.25) is 4.68 Å². The van der Waals surface area contributed by atoms with Gasteiger partial charge >= 0.3 is 0 Å². The highest BCUT2D eigenvalue weighted by atomic mass is 15.3. The number of hydrogen-bond acceptors (Lipinski definition) is 3. The minimum atomic E-state index is 0.366. The van der Waals surface area contributed by atoms with Crippen molar-refractivity contribution in [2.24, 2.45) is 7.05 Å². The van der Waals surface area contributed by atoms with Crippen LogP contribution in [0, 0.1) is 0 Å². The zero-order valence-corrected chi connectivity index (χ0v) is 9.18. The Hall–Kier alpha value is -1.71. The van der Waals surface area contributed by atoms with E-state index < -0.39 is 0 Å². The Bertz CT molecular complexity index is 442. The summed E-state index contributed by atoms with van der Waals surface area (Å²) in [5, 5.41) is 4.11. The Balaban J connectivity index is 2.36. The van der Waals surface area contributed by atoms with Crippen LogP contribution in [-0.4, -0.2) is 19.7 Å². The predicted molar refractivity (Wildman–Crippen MR) is 58.3 cm³/mol. The van der Waals surface area contributed by atoms with Crippen molar-refractivity contribution in [2.45, 2.75) is 19.8 Å². The molecule has 2 aromatic heterocycles. The molecule has 0 unspecified atom stereocenters. The zero-order valence-electron chi connectivity index (χ0n) is 9.18. The highest BCUT2D eigenvalue weighted by Crippen LogP contribution is 2.17. The maximum atomic E-state index is 4.32. The Morgan fingerprint density at radius 3 is 2.33 bits per heavy atom. The fraction of sp³-hybridized carbons (Fsp3) is 0.364. The van der Waals surface area contributed by atoms with Gasteiger partial charge in [0.1, 0.15) is 5.82 Å². The summed E-state index contributed by atoms with van der Waals surface area (Å²) in [5.74, 6) is 1.24. The van der Waals surface area contributed by atoms with Gasteiger partial charge in [-0.25, -0.2) is 9.97 Å². The lowest BCUT2D eigenvalue weighted by atomic mass is 10.2. The number of rotatable bonds is 2. The fourth-order valence-electron chi connectivity index (χ4n) is 1.43. The Labute approximate surface area is 89.0 Å². The molecule has 0 radical (unpaired) electrons. The van der Waals surface area contributed by atoms with Crippen molar-refractivity contribution >= 4 is 0 Å². The molecule has 0 atom stereocenters. The van der Waals surface area contributed by atoms with Crippen LogP contribution in [0.25, 0.3) is 11.3 Å². The first-order valence-corrected chi connectivity index (χ1v) is 4.99. The highest BCUT2D eigenvalue weighted by Gasteiger charge is 2.05. The maximum absolute atomic E-state index is 4.32. The van der Waals surface area contributed by atoms with Gasteiger partial charge in [0.05, 0.1) is 5.69 Å². The van der Waals surface area contributed by atoms with E-state index in [1.165, 1.54) is 0 Å². The molecule has 0 saturated carbocycles. The lowest BCUT2D eigenvalue weighted by Crippen LogP contribution is -1.99. The van der Waals surface area contributed by atoms with Gasteiger partial charge in [-0.05, 0) is 6.07 Å². The Morgan fingerprint density at radius 2 is 1.87 bits per heavy atom. The van der Waals surface area contributed by atoms with E-state index in [1.807, 2.05) is 30.2 Å². The molecule has 0 fully saturated rings. The van der Waals surface area contributed by atoms with Gasteiger partial charge < -0.3 is 0 Å². The topological polar surface area (TPSA) is 43.6 Å². The molecule has 4 nitrogen and oxygen atoms in total. The summed E-state index contributed by atoms with van der Waals surface area (Å²) in [6, 6.07) is 1.95. The van der Waals surface area contributed by atoms with Gasteiger partial charge in [0.2, 0.25) is 0 Å². The standard InChI is InChI=1S/C11H14N4/c1-8(2)11-12-6-9(7-13-11)10-4-5-14-15(10)3/h4-8H,1-3H3. The van der Waals surface area contributed by atoms with E-state index in [2.05, 4.69) is 28.9 Å². The largest absolute Gasteiger partial charge is 0.268 e. The van der Waals surface area contributed by atoms with Crippen LogP contribution in [0.3, 0.4) is 0 Å². The van der Waals surface area contributed by atoms with E-state index in [0.717, 1.165) is 17.1 Å². The summed E-state index contributed by atoms with van der Waals surface area (Å²) in [4.78, 5) is 8.65. The highest BCUT2D eigenvalue weighted by molar-refractivity contribution is 5.56. The van der Waals surface area contributed by atoms with Crippen molar-refractivity contribution in [3.05, 3.63) is 30.5 Å². The molecular weight excluding hydrogens is 188 g/mol. The maximum Gasteiger partial charge on any atom is 0.130 e. The summed E-state index contributed by atoms with van der Waals surface area (Å²) in [6.07, 6.45) is 5.46. The van der Waals surface area contributed by atoms with Crippen LogP contribution >= 0.6 is 0 Å². The molecule has 0 aliphatic rings. The second-order valence-electron chi connectivity index (χ2n) is 3.82.